The zero-order valence-electron chi connectivity index (χ0n) is 8.81. The molecule has 4 nitrogen and oxygen atoms in total. The van der Waals surface area contributed by atoms with E-state index < -0.39 is 0 Å². The van der Waals surface area contributed by atoms with Gasteiger partial charge in [-0.3, -0.25) is 4.98 Å². The van der Waals surface area contributed by atoms with Crippen LogP contribution in [0.25, 0.3) is 0 Å². The second-order valence-electron chi connectivity index (χ2n) is 3.40. The van der Waals surface area contributed by atoms with Gasteiger partial charge >= 0.3 is 0 Å². The molecule has 5 heteroatoms. The van der Waals surface area contributed by atoms with Gasteiger partial charge in [-0.15, -0.1) is 10.2 Å². The Hall–Kier alpha value is -1.68. The Bertz CT molecular complexity index is 470. The van der Waals surface area contributed by atoms with Gasteiger partial charge in [0, 0.05) is 18.9 Å². The summed E-state index contributed by atoms with van der Waals surface area (Å²) in [5, 5.41) is 11.2. The smallest absolute Gasteiger partial charge is 0.151 e. The van der Waals surface area contributed by atoms with Gasteiger partial charge in [0.2, 0.25) is 0 Å². The number of anilines is 1. The van der Waals surface area contributed by atoms with Crippen LogP contribution >= 0.6 is 11.6 Å². The van der Waals surface area contributed by atoms with E-state index in [4.69, 9.17) is 11.6 Å². The number of hydrogen-bond donors (Lipinski definition) is 1. The monoisotopic (exact) mass is 234 g/mol. The van der Waals surface area contributed by atoms with Crippen LogP contribution in [0, 0.1) is 6.92 Å². The molecule has 2 aromatic rings. The zero-order chi connectivity index (χ0) is 11.4. The molecule has 0 spiro atoms. The lowest BCUT2D eigenvalue weighted by atomic mass is 10.1. The van der Waals surface area contributed by atoms with Gasteiger partial charge in [0.05, 0.1) is 0 Å². The first-order valence-electron chi connectivity index (χ1n) is 4.88. The molecule has 0 unspecified atom stereocenters. The van der Waals surface area contributed by atoms with Gasteiger partial charge < -0.3 is 5.32 Å². The molecule has 0 atom stereocenters. The predicted octanol–water partition coefficient (Wildman–Crippen LogP) is 2.45. The summed E-state index contributed by atoms with van der Waals surface area (Å²) >= 11 is 5.64. The second kappa shape index (κ2) is 4.90. The average molecular weight is 235 g/mol. The fourth-order valence-corrected chi connectivity index (χ4v) is 1.38. The number of aryl methyl sites for hydroxylation is 1. The van der Waals surface area contributed by atoms with Gasteiger partial charge in [-0.25, -0.2) is 0 Å². The Morgan fingerprint density at radius 2 is 2.12 bits per heavy atom. The fourth-order valence-electron chi connectivity index (χ4n) is 1.28. The van der Waals surface area contributed by atoms with E-state index >= 15 is 0 Å². The van der Waals surface area contributed by atoms with Crippen LogP contribution in [0.3, 0.4) is 0 Å². The summed E-state index contributed by atoms with van der Waals surface area (Å²) in [6.07, 6.45) is 3.62. The van der Waals surface area contributed by atoms with E-state index in [0.29, 0.717) is 17.5 Å². The Morgan fingerprint density at radius 1 is 1.25 bits per heavy atom. The van der Waals surface area contributed by atoms with E-state index in [-0.39, 0.29) is 0 Å². The average Bonchev–Trinajstić information content (AvgIpc) is 2.30. The summed E-state index contributed by atoms with van der Waals surface area (Å²) in [7, 11) is 0. The van der Waals surface area contributed by atoms with Crippen molar-refractivity contribution in [2.45, 2.75) is 13.5 Å². The fraction of sp³-hybridized carbons (Fsp3) is 0.182. The zero-order valence-corrected chi connectivity index (χ0v) is 9.57. The van der Waals surface area contributed by atoms with Crippen LogP contribution in [-0.4, -0.2) is 15.2 Å². The van der Waals surface area contributed by atoms with Gasteiger partial charge in [-0.2, -0.15) is 0 Å². The van der Waals surface area contributed by atoms with Gasteiger partial charge in [0.1, 0.15) is 5.82 Å². The first kappa shape index (κ1) is 10.8. The Balaban J connectivity index is 2.02. The maximum atomic E-state index is 5.64. The summed E-state index contributed by atoms with van der Waals surface area (Å²) < 4.78 is 0. The number of nitrogens with zero attached hydrogens (tertiary/aromatic N) is 3. The highest BCUT2D eigenvalue weighted by molar-refractivity contribution is 6.29. The minimum atomic E-state index is 0.392. The summed E-state index contributed by atoms with van der Waals surface area (Å²) in [6.45, 7) is 2.72. The molecule has 0 aliphatic carbocycles. The maximum Gasteiger partial charge on any atom is 0.151 e. The molecule has 1 N–H and O–H groups in total. The molecule has 0 radical (unpaired) electrons. The van der Waals surface area contributed by atoms with Gasteiger partial charge in [0.25, 0.3) is 0 Å². The minimum Gasteiger partial charge on any atom is -0.364 e. The number of nitrogens with one attached hydrogen (secondary N) is 1. The van der Waals surface area contributed by atoms with E-state index in [9.17, 15) is 0 Å². The first-order valence-corrected chi connectivity index (χ1v) is 5.26. The van der Waals surface area contributed by atoms with Crippen molar-refractivity contribution in [1.82, 2.24) is 15.2 Å². The molecule has 82 valence electrons. The van der Waals surface area contributed by atoms with Crippen molar-refractivity contribution >= 4 is 17.4 Å². The number of rotatable bonds is 3. The standard InChI is InChI=1S/C11H11ClN4/c1-8-4-5-13-6-9(8)7-14-11-3-2-10(12)15-16-11/h2-6H,7H2,1H3,(H,14,16). The molecule has 0 fully saturated rings. The second-order valence-corrected chi connectivity index (χ2v) is 3.78. The highest BCUT2D eigenvalue weighted by atomic mass is 35.5. The normalized spacial score (nSPS) is 10.1. The third-order valence-electron chi connectivity index (χ3n) is 2.24. The van der Waals surface area contributed by atoms with Crippen LogP contribution in [0.2, 0.25) is 5.15 Å². The van der Waals surface area contributed by atoms with E-state index in [0.717, 1.165) is 5.56 Å². The molecule has 0 saturated heterocycles. The molecule has 16 heavy (non-hydrogen) atoms. The van der Waals surface area contributed by atoms with Gasteiger partial charge in [0.15, 0.2) is 5.15 Å². The van der Waals surface area contributed by atoms with Crippen molar-refractivity contribution in [1.29, 1.82) is 0 Å². The molecule has 0 amide bonds. The van der Waals surface area contributed by atoms with E-state index in [1.54, 1.807) is 18.3 Å². The summed E-state index contributed by atoms with van der Waals surface area (Å²) in [5.74, 6) is 0.702. The summed E-state index contributed by atoms with van der Waals surface area (Å²) in [5.41, 5.74) is 2.34. The number of halogens is 1. The van der Waals surface area contributed by atoms with Gasteiger partial charge in [-0.1, -0.05) is 11.6 Å². The van der Waals surface area contributed by atoms with Crippen LogP contribution in [0.1, 0.15) is 11.1 Å². The van der Waals surface area contributed by atoms with Crippen LogP contribution in [0.15, 0.2) is 30.6 Å². The molecule has 0 bridgehead atoms. The number of aromatic nitrogens is 3. The van der Waals surface area contributed by atoms with Gasteiger partial charge in [-0.05, 0) is 36.2 Å². The van der Waals surface area contributed by atoms with Crippen molar-refractivity contribution in [3.05, 3.63) is 46.9 Å². The summed E-state index contributed by atoms with van der Waals surface area (Å²) in [6, 6.07) is 5.47. The molecule has 0 aliphatic rings. The third-order valence-corrected chi connectivity index (χ3v) is 2.44. The predicted molar refractivity (Wildman–Crippen MR) is 63.3 cm³/mol. The van der Waals surface area contributed by atoms with Crippen LogP contribution < -0.4 is 5.32 Å². The van der Waals surface area contributed by atoms with Crippen molar-refractivity contribution in [3.8, 4) is 0 Å². The number of hydrogen-bond acceptors (Lipinski definition) is 4. The van der Waals surface area contributed by atoms with Crippen molar-refractivity contribution in [2.75, 3.05) is 5.32 Å². The van der Waals surface area contributed by atoms with E-state index in [2.05, 4.69) is 20.5 Å². The van der Waals surface area contributed by atoms with Crippen LogP contribution in [0.5, 0.6) is 0 Å². The van der Waals surface area contributed by atoms with Crippen LogP contribution in [0.4, 0.5) is 5.82 Å². The quantitative estimate of drug-likeness (QED) is 0.886. The van der Waals surface area contributed by atoms with Crippen LogP contribution in [-0.2, 0) is 6.54 Å². The highest BCUT2D eigenvalue weighted by Gasteiger charge is 1.99. The summed E-state index contributed by atoms with van der Waals surface area (Å²) in [4.78, 5) is 4.07. The minimum absolute atomic E-state index is 0.392. The lowest BCUT2D eigenvalue weighted by Gasteiger charge is -2.06. The Labute approximate surface area is 98.7 Å². The molecular weight excluding hydrogens is 224 g/mol. The molecule has 0 aromatic carbocycles. The first-order chi connectivity index (χ1) is 7.75. The third kappa shape index (κ3) is 2.67. The molecule has 0 aliphatic heterocycles. The SMILES string of the molecule is Cc1ccncc1CNc1ccc(Cl)nn1. The Morgan fingerprint density at radius 3 is 2.81 bits per heavy atom. The lowest BCUT2D eigenvalue weighted by molar-refractivity contribution is 0.991. The Kier molecular flexibility index (Phi) is 3.31. The van der Waals surface area contributed by atoms with Crippen molar-refractivity contribution in [2.24, 2.45) is 0 Å². The molecule has 2 heterocycles. The molecule has 0 saturated carbocycles. The largest absolute Gasteiger partial charge is 0.364 e. The lowest BCUT2D eigenvalue weighted by Crippen LogP contribution is -2.03. The van der Waals surface area contributed by atoms with E-state index in [1.807, 2.05) is 19.2 Å². The topological polar surface area (TPSA) is 50.7 Å². The van der Waals surface area contributed by atoms with Crippen molar-refractivity contribution < 1.29 is 0 Å². The highest BCUT2D eigenvalue weighted by Crippen LogP contribution is 2.09. The molecule has 2 aromatic heterocycles. The maximum absolute atomic E-state index is 5.64. The molecule has 2 rings (SSSR count). The number of pyridine rings is 1. The van der Waals surface area contributed by atoms with E-state index in [1.165, 1.54) is 5.56 Å². The molecular formula is C11H11ClN4. The van der Waals surface area contributed by atoms with Crippen molar-refractivity contribution in [3.63, 3.8) is 0 Å².